The molecule has 1 aromatic heterocycles. The number of rotatable bonds is 3. The number of hydrogen-bond donors (Lipinski definition) is 0. The van der Waals surface area contributed by atoms with Crippen LogP contribution in [-0.2, 0) is 6.54 Å². The Balaban J connectivity index is 1.52. The molecule has 5 nitrogen and oxygen atoms in total. The molecular weight excluding hydrogens is 310 g/mol. The summed E-state index contributed by atoms with van der Waals surface area (Å²) in [5, 5.41) is 0.997. The van der Waals surface area contributed by atoms with Gasteiger partial charge in [0, 0.05) is 24.2 Å². The van der Waals surface area contributed by atoms with E-state index in [1.165, 1.54) is 24.2 Å². The molecular formula is C17H17N3O2S. The number of carbonyl (C=O) groups is 2. The minimum Gasteiger partial charge on any atom is -0.348 e. The van der Waals surface area contributed by atoms with Gasteiger partial charge in [0.05, 0.1) is 17.7 Å². The molecule has 2 aliphatic heterocycles. The molecule has 118 valence electrons. The second kappa shape index (κ2) is 5.77. The van der Waals surface area contributed by atoms with Gasteiger partial charge < -0.3 is 4.90 Å². The van der Waals surface area contributed by atoms with Crippen molar-refractivity contribution in [1.82, 2.24) is 9.88 Å². The predicted octanol–water partition coefficient (Wildman–Crippen LogP) is 2.93. The Morgan fingerprint density at radius 2 is 1.65 bits per heavy atom. The van der Waals surface area contributed by atoms with Crippen LogP contribution in [0.2, 0.25) is 0 Å². The van der Waals surface area contributed by atoms with E-state index in [0.717, 1.165) is 23.1 Å². The average Bonchev–Trinajstić information content (AvgIpc) is 3.16. The first-order chi connectivity index (χ1) is 11.2. The van der Waals surface area contributed by atoms with Gasteiger partial charge in [-0.2, -0.15) is 0 Å². The molecule has 2 aromatic rings. The van der Waals surface area contributed by atoms with E-state index in [9.17, 15) is 9.59 Å². The van der Waals surface area contributed by atoms with Crippen molar-refractivity contribution in [2.75, 3.05) is 18.0 Å². The van der Waals surface area contributed by atoms with E-state index in [4.69, 9.17) is 0 Å². The summed E-state index contributed by atoms with van der Waals surface area (Å²) in [6.45, 7) is 2.39. The van der Waals surface area contributed by atoms with Gasteiger partial charge in [-0.1, -0.05) is 12.1 Å². The van der Waals surface area contributed by atoms with Gasteiger partial charge in [0.25, 0.3) is 11.8 Å². The third kappa shape index (κ3) is 2.53. The van der Waals surface area contributed by atoms with Crippen LogP contribution in [-0.4, -0.2) is 34.8 Å². The zero-order chi connectivity index (χ0) is 15.8. The van der Waals surface area contributed by atoms with Gasteiger partial charge in [-0.15, -0.1) is 11.3 Å². The lowest BCUT2D eigenvalue weighted by Gasteiger charge is -2.25. The molecule has 0 aliphatic carbocycles. The predicted molar refractivity (Wildman–Crippen MR) is 88.8 cm³/mol. The number of fused-ring (bicyclic) bond motifs is 1. The first-order valence-electron chi connectivity index (χ1n) is 7.89. The van der Waals surface area contributed by atoms with Crippen molar-refractivity contribution >= 4 is 28.3 Å². The third-order valence-electron chi connectivity index (χ3n) is 4.36. The average molecular weight is 327 g/mol. The topological polar surface area (TPSA) is 53.5 Å². The van der Waals surface area contributed by atoms with Gasteiger partial charge in [-0.25, -0.2) is 4.98 Å². The first-order valence-corrected chi connectivity index (χ1v) is 8.70. The molecule has 0 saturated carbocycles. The molecule has 0 unspecified atom stereocenters. The van der Waals surface area contributed by atoms with Gasteiger partial charge in [0.1, 0.15) is 0 Å². The Morgan fingerprint density at radius 3 is 2.30 bits per heavy atom. The molecule has 1 saturated heterocycles. The second-order valence-corrected chi connectivity index (χ2v) is 6.99. The van der Waals surface area contributed by atoms with Crippen molar-refractivity contribution in [1.29, 1.82) is 0 Å². The van der Waals surface area contributed by atoms with Gasteiger partial charge in [0.15, 0.2) is 5.13 Å². The molecule has 2 amide bonds. The summed E-state index contributed by atoms with van der Waals surface area (Å²) >= 11 is 1.58. The third-order valence-corrected chi connectivity index (χ3v) is 5.40. The fourth-order valence-electron chi connectivity index (χ4n) is 3.14. The SMILES string of the molecule is O=C1c2ccccc2C(=O)N1Cc1cnc(N2CCCCC2)s1. The molecule has 1 fully saturated rings. The standard InChI is InChI=1S/C17H17N3O2S/c21-15-13-6-2-3-7-14(13)16(22)20(15)11-12-10-18-17(23-12)19-8-4-1-5-9-19/h2-3,6-7,10H,1,4-5,8-9,11H2. The van der Waals surface area contributed by atoms with Gasteiger partial charge in [-0.05, 0) is 31.4 Å². The number of imide groups is 1. The van der Waals surface area contributed by atoms with Gasteiger partial charge in [0.2, 0.25) is 0 Å². The number of benzene rings is 1. The number of hydrogen-bond acceptors (Lipinski definition) is 5. The highest BCUT2D eigenvalue weighted by atomic mass is 32.1. The van der Waals surface area contributed by atoms with Gasteiger partial charge >= 0.3 is 0 Å². The lowest BCUT2D eigenvalue weighted by Crippen LogP contribution is -2.29. The quantitative estimate of drug-likeness (QED) is 0.814. The molecule has 0 N–H and O–H groups in total. The molecule has 3 heterocycles. The second-order valence-electron chi connectivity index (χ2n) is 5.90. The van der Waals surface area contributed by atoms with Crippen LogP contribution in [0, 0.1) is 0 Å². The van der Waals surface area contributed by atoms with Crippen molar-refractivity contribution in [2.24, 2.45) is 0 Å². The van der Waals surface area contributed by atoms with Crippen LogP contribution < -0.4 is 4.90 Å². The summed E-state index contributed by atoms with van der Waals surface area (Å²) in [6.07, 6.45) is 5.47. The van der Waals surface area contributed by atoms with E-state index < -0.39 is 0 Å². The monoisotopic (exact) mass is 327 g/mol. The lowest BCUT2D eigenvalue weighted by molar-refractivity contribution is 0.0644. The smallest absolute Gasteiger partial charge is 0.261 e. The van der Waals surface area contributed by atoms with E-state index in [2.05, 4.69) is 9.88 Å². The van der Waals surface area contributed by atoms with Crippen molar-refractivity contribution in [3.05, 3.63) is 46.5 Å². The molecule has 1 aromatic carbocycles. The molecule has 0 atom stereocenters. The summed E-state index contributed by atoms with van der Waals surface area (Å²) < 4.78 is 0. The maximum Gasteiger partial charge on any atom is 0.261 e. The molecule has 0 bridgehead atoms. The van der Waals surface area contributed by atoms with Crippen molar-refractivity contribution in [2.45, 2.75) is 25.8 Å². The summed E-state index contributed by atoms with van der Waals surface area (Å²) in [4.78, 5) is 33.8. The number of carbonyl (C=O) groups excluding carboxylic acids is 2. The highest BCUT2D eigenvalue weighted by Crippen LogP contribution is 2.29. The van der Waals surface area contributed by atoms with E-state index in [-0.39, 0.29) is 11.8 Å². The molecule has 6 heteroatoms. The first kappa shape index (κ1) is 14.4. The number of nitrogens with zero attached hydrogens (tertiary/aromatic N) is 3. The van der Waals surface area contributed by atoms with Crippen LogP contribution in [0.3, 0.4) is 0 Å². The number of thiazole rings is 1. The van der Waals surface area contributed by atoms with Crippen LogP contribution in [0.15, 0.2) is 30.5 Å². The van der Waals surface area contributed by atoms with Crippen molar-refractivity contribution in [3.63, 3.8) is 0 Å². The Hall–Kier alpha value is -2.21. The number of anilines is 1. The molecule has 2 aliphatic rings. The highest BCUT2D eigenvalue weighted by Gasteiger charge is 2.35. The van der Waals surface area contributed by atoms with Crippen LogP contribution in [0.1, 0.15) is 44.9 Å². The maximum absolute atomic E-state index is 12.4. The van der Waals surface area contributed by atoms with E-state index >= 15 is 0 Å². The molecule has 4 rings (SSSR count). The van der Waals surface area contributed by atoms with E-state index in [0.29, 0.717) is 17.7 Å². The van der Waals surface area contributed by atoms with Crippen LogP contribution in [0.4, 0.5) is 5.13 Å². The normalized spacial score (nSPS) is 17.7. The fourth-order valence-corrected chi connectivity index (χ4v) is 4.09. The summed E-state index contributed by atoms with van der Waals surface area (Å²) in [6, 6.07) is 6.99. The van der Waals surface area contributed by atoms with Crippen LogP contribution in [0.5, 0.6) is 0 Å². The number of piperidine rings is 1. The highest BCUT2D eigenvalue weighted by molar-refractivity contribution is 7.15. The minimum absolute atomic E-state index is 0.210. The Labute approximate surface area is 138 Å². The fraction of sp³-hybridized carbons (Fsp3) is 0.353. The molecule has 0 spiro atoms. The van der Waals surface area contributed by atoms with E-state index in [1.807, 2.05) is 0 Å². The molecule has 0 radical (unpaired) electrons. The van der Waals surface area contributed by atoms with Crippen LogP contribution in [0.25, 0.3) is 0 Å². The zero-order valence-corrected chi connectivity index (χ0v) is 13.5. The Bertz CT molecular complexity index is 730. The Morgan fingerprint density at radius 1 is 1.00 bits per heavy atom. The van der Waals surface area contributed by atoms with E-state index in [1.54, 1.807) is 41.8 Å². The van der Waals surface area contributed by atoms with Crippen LogP contribution >= 0.6 is 11.3 Å². The largest absolute Gasteiger partial charge is 0.348 e. The minimum atomic E-state index is -0.210. The maximum atomic E-state index is 12.4. The van der Waals surface area contributed by atoms with Crippen molar-refractivity contribution < 1.29 is 9.59 Å². The number of aromatic nitrogens is 1. The number of amides is 2. The summed E-state index contributed by atoms with van der Waals surface area (Å²) in [5.41, 5.74) is 0.997. The molecule has 23 heavy (non-hydrogen) atoms. The van der Waals surface area contributed by atoms with Gasteiger partial charge in [-0.3, -0.25) is 14.5 Å². The Kier molecular flexibility index (Phi) is 3.61. The summed E-state index contributed by atoms with van der Waals surface area (Å²) in [7, 11) is 0. The zero-order valence-electron chi connectivity index (χ0n) is 12.7. The summed E-state index contributed by atoms with van der Waals surface area (Å²) in [5.74, 6) is -0.419. The lowest BCUT2D eigenvalue weighted by atomic mass is 10.1. The van der Waals surface area contributed by atoms with Crippen molar-refractivity contribution in [3.8, 4) is 0 Å².